The second-order valence-electron chi connectivity index (χ2n) is 9.63. The summed E-state index contributed by atoms with van der Waals surface area (Å²) in [6.07, 6.45) is 0. The molecule has 2 heteroatoms. The molecule has 0 aliphatic rings. The van der Waals surface area contributed by atoms with Crippen molar-refractivity contribution in [2.75, 3.05) is 4.90 Å². The van der Waals surface area contributed by atoms with Gasteiger partial charge in [-0.15, -0.1) is 0 Å². The van der Waals surface area contributed by atoms with Crippen LogP contribution in [0.4, 0.5) is 17.1 Å². The van der Waals surface area contributed by atoms with Gasteiger partial charge in [0, 0.05) is 17.1 Å². The molecule has 0 aliphatic carbocycles. The van der Waals surface area contributed by atoms with E-state index < -0.39 is 0 Å². The maximum Gasteiger partial charge on any atom is 0.116 e. The third kappa shape index (κ3) is 3.74. The maximum absolute atomic E-state index is 6.46. The van der Waals surface area contributed by atoms with Crippen molar-refractivity contribution in [3.05, 3.63) is 146 Å². The normalized spacial score (nSPS) is 11.3. The third-order valence-electron chi connectivity index (χ3n) is 7.37. The summed E-state index contributed by atoms with van der Waals surface area (Å²) in [6, 6.07) is 51.4. The molecule has 176 valence electrons. The van der Waals surface area contributed by atoms with Crippen molar-refractivity contribution >= 4 is 62.7 Å². The number of nitrogens with zero attached hydrogens (tertiary/aromatic N) is 1. The zero-order valence-electron chi connectivity index (χ0n) is 20.9. The van der Waals surface area contributed by atoms with Gasteiger partial charge >= 0.3 is 0 Å². The lowest BCUT2D eigenvalue weighted by Gasteiger charge is -2.27. The molecule has 0 saturated carbocycles. The van der Waals surface area contributed by atoms with Crippen LogP contribution in [-0.2, 0) is 0 Å². The average Bonchev–Trinajstić information content (AvgIpc) is 2.99. The summed E-state index contributed by atoms with van der Waals surface area (Å²) in [4.78, 5) is 2.22. The van der Waals surface area contributed by atoms with E-state index in [1.807, 2.05) is 24.3 Å². The number of rotatable bonds is 4. The largest absolute Gasteiger partial charge is 0.311 e. The fraction of sp³-hybridized carbons (Fsp3) is 0. The molecule has 0 fully saturated rings. The van der Waals surface area contributed by atoms with Gasteiger partial charge in [-0.1, -0.05) is 115 Å². The van der Waals surface area contributed by atoms with Gasteiger partial charge in [0.25, 0.3) is 0 Å². The zero-order valence-corrected chi connectivity index (χ0v) is 20.9. The first-order valence-corrected chi connectivity index (χ1v) is 12.9. The molecule has 0 amide bonds. The van der Waals surface area contributed by atoms with E-state index in [9.17, 15) is 0 Å². The average molecular weight is 481 g/mol. The van der Waals surface area contributed by atoms with Crippen molar-refractivity contribution in [2.24, 2.45) is 0 Å². The number of hydrogen-bond donors (Lipinski definition) is 0. The van der Waals surface area contributed by atoms with Crippen molar-refractivity contribution in [1.82, 2.24) is 0 Å². The molecule has 2 radical (unpaired) electrons. The molecule has 38 heavy (non-hydrogen) atoms. The fourth-order valence-corrected chi connectivity index (χ4v) is 5.61. The van der Waals surface area contributed by atoms with E-state index in [1.165, 1.54) is 37.9 Å². The summed E-state index contributed by atoms with van der Waals surface area (Å²) >= 11 is 0. The minimum atomic E-state index is 0.741. The Morgan fingerprint density at radius 2 is 0.895 bits per heavy atom. The molecular weight excluding hydrogens is 457 g/mol. The summed E-state index contributed by atoms with van der Waals surface area (Å²) in [6.45, 7) is 0. The molecule has 7 aromatic carbocycles. The van der Waals surface area contributed by atoms with Gasteiger partial charge < -0.3 is 4.90 Å². The highest BCUT2D eigenvalue weighted by Gasteiger charge is 2.15. The Hall–Kier alpha value is -4.82. The fourth-order valence-electron chi connectivity index (χ4n) is 5.61. The molecular formula is C36H24BN. The smallest absolute Gasteiger partial charge is 0.116 e. The van der Waals surface area contributed by atoms with Crippen LogP contribution in [0, 0.1) is 0 Å². The van der Waals surface area contributed by atoms with Gasteiger partial charge in [0.1, 0.15) is 7.85 Å². The first-order chi connectivity index (χ1) is 18.8. The maximum atomic E-state index is 6.46. The summed E-state index contributed by atoms with van der Waals surface area (Å²) in [5, 5.41) is 7.70. The van der Waals surface area contributed by atoms with Crippen LogP contribution in [0.5, 0.6) is 0 Å². The Morgan fingerprint density at radius 1 is 0.368 bits per heavy atom. The van der Waals surface area contributed by atoms with Crippen LogP contribution < -0.4 is 10.4 Å². The van der Waals surface area contributed by atoms with Crippen molar-refractivity contribution < 1.29 is 0 Å². The highest BCUT2D eigenvalue weighted by Crippen LogP contribution is 2.39. The quantitative estimate of drug-likeness (QED) is 0.179. The molecule has 0 aromatic heterocycles. The van der Waals surface area contributed by atoms with Crippen LogP contribution in [-0.4, -0.2) is 7.85 Å². The summed E-state index contributed by atoms with van der Waals surface area (Å²) in [7, 11) is 6.46. The van der Waals surface area contributed by atoms with Crippen LogP contribution in [0.2, 0.25) is 0 Å². The second-order valence-corrected chi connectivity index (χ2v) is 9.63. The van der Waals surface area contributed by atoms with E-state index >= 15 is 0 Å². The van der Waals surface area contributed by atoms with E-state index in [2.05, 4.69) is 126 Å². The Bertz CT molecular complexity index is 1910. The second kappa shape index (κ2) is 9.25. The van der Waals surface area contributed by atoms with Crippen LogP contribution in [0.3, 0.4) is 0 Å². The van der Waals surface area contributed by atoms with Crippen molar-refractivity contribution in [1.29, 1.82) is 0 Å². The predicted molar refractivity (Wildman–Crippen MR) is 164 cm³/mol. The van der Waals surface area contributed by atoms with Crippen molar-refractivity contribution in [3.8, 4) is 11.1 Å². The Kier molecular flexibility index (Phi) is 5.45. The highest BCUT2D eigenvalue weighted by atomic mass is 15.1. The van der Waals surface area contributed by atoms with E-state index in [1.54, 1.807) is 0 Å². The topological polar surface area (TPSA) is 3.24 Å². The predicted octanol–water partition coefficient (Wildman–Crippen LogP) is 9.08. The molecule has 0 bridgehead atoms. The van der Waals surface area contributed by atoms with E-state index in [0.717, 1.165) is 28.1 Å². The Balaban J connectivity index is 1.43. The summed E-state index contributed by atoms with van der Waals surface area (Å²) in [5.41, 5.74) is 6.19. The minimum absolute atomic E-state index is 0.741. The number of para-hydroxylation sites is 2. The zero-order chi connectivity index (χ0) is 25.5. The molecule has 0 N–H and O–H groups in total. The van der Waals surface area contributed by atoms with Crippen LogP contribution in [0.25, 0.3) is 43.4 Å². The lowest BCUT2D eigenvalue weighted by Crippen LogP contribution is -2.18. The molecule has 0 atom stereocenters. The monoisotopic (exact) mass is 481 g/mol. The lowest BCUT2D eigenvalue weighted by molar-refractivity contribution is 1.29. The Morgan fingerprint density at radius 3 is 1.58 bits per heavy atom. The summed E-state index contributed by atoms with van der Waals surface area (Å²) < 4.78 is 0. The SMILES string of the molecule is [B]c1ccccc1N(c1ccccc1)c1cccc(-c2ccc3c4ccccc4c4ccccc4c3c2)c1. The molecule has 0 heterocycles. The van der Waals surface area contributed by atoms with Gasteiger partial charge in [-0.05, 0) is 79.8 Å². The molecule has 7 rings (SSSR count). The van der Waals surface area contributed by atoms with Gasteiger partial charge in [-0.2, -0.15) is 0 Å². The molecule has 0 saturated heterocycles. The number of fused-ring (bicyclic) bond motifs is 6. The minimum Gasteiger partial charge on any atom is -0.311 e. The lowest BCUT2D eigenvalue weighted by atomic mass is 9.91. The number of benzene rings is 7. The Labute approximate surface area is 224 Å². The van der Waals surface area contributed by atoms with Crippen molar-refractivity contribution in [3.63, 3.8) is 0 Å². The number of hydrogen-bond acceptors (Lipinski definition) is 1. The standard InChI is InChI=1S/C36H24BN/c37-35-19-8-9-20-36(35)38(27-12-2-1-3-13-27)28-14-10-11-25(23-28)26-21-22-33-31-17-5-4-15-29(31)30-16-6-7-18-32(30)34(33)24-26/h1-24H. The van der Waals surface area contributed by atoms with Gasteiger partial charge in [0.15, 0.2) is 0 Å². The van der Waals surface area contributed by atoms with Crippen LogP contribution >= 0.6 is 0 Å². The van der Waals surface area contributed by atoms with Gasteiger partial charge in [0.05, 0.1) is 0 Å². The summed E-state index contributed by atoms with van der Waals surface area (Å²) in [5.74, 6) is 0. The first-order valence-electron chi connectivity index (χ1n) is 12.9. The van der Waals surface area contributed by atoms with Gasteiger partial charge in [0.2, 0.25) is 0 Å². The highest BCUT2D eigenvalue weighted by molar-refractivity contribution is 6.36. The van der Waals surface area contributed by atoms with Gasteiger partial charge in [-0.25, -0.2) is 0 Å². The molecule has 0 spiro atoms. The van der Waals surface area contributed by atoms with Crippen molar-refractivity contribution in [2.45, 2.75) is 0 Å². The van der Waals surface area contributed by atoms with E-state index in [0.29, 0.717) is 0 Å². The van der Waals surface area contributed by atoms with E-state index in [4.69, 9.17) is 7.85 Å². The molecule has 0 unspecified atom stereocenters. The van der Waals surface area contributed by atoms with Gasteiger partial charge in [-0.3, -0.25) is 0 Å². The third-order valence-corrected chi connectivity index (χ3v) is 7.37. The number of anilines is 3. The van der Waals surface area contributed by atoms with Crippen LogP contribution in [0.15, 0.2) is 146 Å². The molecule has 7 aromatic rings. The van der Waals surface area contributed by atoms with Crippen LogP contribution in [0.1, 0.15) is 0 Å². The molecule has 1 nitrogen and oxygen atoms in total. The van der Waals surface area contributed by atoms with E-state index in [-0.39, 0.29) is 0 Å². The molecule has 0 aliphatic heterocycles. The first kappa shape index (κ1) is 22.4.